The van der Waals surface area contributed by atoms with Crippen LogP contribution in [0.5, 0.6) is 0 Å². The number of thioether (sulfide) groups is 1. The topological polar surface area (TPSA) is 64.0 Å². The molecule has 0 unspecified atom stereocenters. The molecule has 1 N–H and O–H groups in total. The molecule has 2 heterocycles. The highest BCUT2D eigenvalue weighted by atomic mass is 32.2. The summed E-state index contributed by atoms with van der Waals surface area (Å²) in [5, 5.41) is 5.88. The standard InChI is InChI=1S/C13H8FN3O2S/c14-9-2-1-3-10(5-9)17-7-8(6-15-17)4-11-12(18)16-13(19)20-11/h1-7H,(H,16,18,19)/b11-4-. The fourth-order valence-electron chi connectivity index (χ4n) is 1.74. The number of rotatable bonds is 2. The van der Waals surface area contributed by atoms with Gasteiger partial charge in [-0.3, -0.25) is 14.9 Å². The molecule has 1 aliphatic heterocycles. The molecule has 0 bridgehead atoms. The van der Waals surface area contributed by atoms with Gasteiger partial charge >= 0.3 is 0 Å². The minimum absolute atomic E-state index is 0.314. The number of aromatic nitrogens is 2. The maximum atomic E-state index is 13.1. The van der Waals surface area contributed by atoms with Crippen molar-refractivity contribution in [2.24, 2.45) is 0 Å². The first kappa shape index (κ1) is 12.6. The first-order valence-corrected chi connectivity index (χ1v) is 6.49. The molecule has 1 aliphatic rings. The first-order chi connectivity index (χ1) is 9.61. The van der Waals surface area contributed by atoms with Gasteiger partial charge in [0.1, 0.15) is 5.82 Å². The third-order valence-corrected chi connectivity index (χ3v) is 3.43. The molecule has 2 aromatic rings. The molecule has 20 heavy (non-hydrogen) atoms. The maximum Gasteiger partial charge on any atom is 0.290 e. The normalized spacial score (nSPS) is 16.8. The molecule has 1 aromatic carbocycles. The molecule has 1 saturated heterocycles. The molecule has 7 heteroatoms. The second kappa shape index (κ2) is 4.93. The van der Waals surface area contributed by atoms with E-state index < -0.39 is 11.1 Å². The van der Waals surface area contributed by atoms with Gasteiger partial charge in [0.15, 0.2) is 0 Å². The van der Waals surface area contributed by atoms with E-state index in [1.165, 1.54) is 23.0 Å². The predicted molar refractivity (Wildman–Crippen MR) is 72.6 cm³/mol. The van der Waals surface area contributed by atoms with E-state index in [0.717, 1.165) is 11.8 Å². The van der Waals surface area contributed by atoms with Crippen molar-refractivity contribution in [2.45, 2.75) is 0 Å². The Morgan fingerprint density at radius 2 is 2.20 bits per heavy atom. The van der Waals surface area contributed by atoms with E-state index in [0.29, 0.717) is 16.2 Å². The van der Waals surface area contributed by atoms with E-state index >= 15 is 0 Å². The number of imide groups is 1. The van der Waals surface area contributed by atoms with Crippen LogP contribution in [0.15, 0.2) is 41.6 Å². The zero-order chi connectivity index (χ0) is 14.1. The fraction of sp³-hybridized carbons (Fsp3) is 0. The summed E-state index contributed by atoms with van der Waals surface area (Å²) in [6, 6.07) is 6.00. The maximum absolute atomic E-state index is 13.1. The summed E-state index contributed by atoms with van der Waals surface area (Å²) in [6.45, 7) is 0. The summed E-state index contributed by atoms with van der Waals surface area (Å²) in [4.78, 5) is 22.8. The van der Waals surface area contributed by atoms with Crippen molar-refractivity contribution in [3.05, 3.63) is 52.9 Å². The second-order valence-corrected chi connectivity index (χ2v) is 5.07. The van der Waals surface area contributed by atoms with E-state index in [9.17, 15) is 14.0 Å². The largest absolute Gasteiger partial charge is 0.290 e. The smallest absolute Gasteiger partial charge is 0.282 e. The molecule has 5 nitrogen and oxygen atoms in total. The van der Waals surface area contributed by atoms with Crippen molar-refractivity contribution in [2.75, 3.05) is 0 Å². The van der Waals surface area contributed by atoms with E-state index in [4.69, 9.17) is 0 Å². The summed E-state index contributed by atoms with van der Waals surface area (Å²) in [7, 11) is 0. The number of carbonyl (C=O) groups excluding carboxylic acids is 2. The quantitative estimate of drug-likeness (QED) is 0.862. The summed E-state index contributed by atoms with van der Waals surface area (Å²) in [5.74, 6) is -0.771. The number of benzene rings is 1. The van der Waals surface area contributed by atoms with Crippen molar-refractivity contribution in [1.29, 1.82) is 0 Å². The number of hydrogen-bond acceptors (Lipinski definition) is 4. The Labute approximate surface area is 117 Å². The zero-order valence-corrected chi connectivity index (χ0v) is 10.9. The van der Waals surface area contributed by atoms with Crippen LogP contribution >= 0.6 is 11.8 Å². The third-order valence-electron chi connectivity index (χ3n) is 2.62. The van der Waals surface area contributed by atoms with Crippen LogP contribution in [0.2, 0.25) is 0 Å². The molecule has 1 fully saturated rings. The van der Waals surface area contributed by atoms with Gasteiger partial charge in [0.2, 0.25) is 0 Å². The Hall–Kier alpha value is -2.41. The van der Waals surface area contributed by atoms with Crippen molar-refractivity contribution in [3.63, 3.8) is 0 Å². The number of carbonyl (C=O) groups is 2. The predicted octanol–water partition coefficient (Wildman–Crippen LogP) is 2.34. The molecule has 2 amide bonds. The van der Waals surface area contributed by atoms with E-state index in [1.807, 2.05) is 0 Å². The van der Waals surface area contributed by atoms with Crippen LogP contribution in [-0.2, 0) is 4.79 Å². The number of nitrogens with one attached hydrogen (secondary N) is 1. The molecule has 0 radical (unpaired) electrons. The Morgan fingerprint density at radius 1 is 1.35 bits per heavy atom. The third kappa shape index (κ3) is 2.48. The summed E-state index contributed by atoms with van der Waals surface area (Å²) in [6.07, 6.45) is 4.75. The van der Waals surface area contributed by atoms with E-state index in [2.05, 4.69) is 10.4 Å². The van der Waals surface area contributed by atoms with Gasteiger partial charge in [0, 0.05) is 11.8 Å². The lowest BCUT2D eigenvalue weighted by Crippen LogP contribution is -2.17. The molecule has 0 aliphatic carbocycles. The molecule has 0 spiro atoms. The SMILES string of the molecule is O=C1NC(=O)/C(=C/c2cnn(-c3cccc(F)c3)c2)S1. The molecule has 100 valence electrons. The second-order valence-electron chi connectivity index (χ2n) is 4.05. The molecule has 0 saturated carbocycles. The Bertz CT molecular complexity index is 739. The lowest BCUT2D eigenvalue weighted by Gasteiger charge is -1.99. The number of amides is 2. The van der Waals surface area contributed by atoms with Gasteiger partial charge in [-0.15, -0.1) is 0 Å². The minimum Gasteiger partial charge on any atom is -0.282 e. The number of hydrogen-bond donors (Lipinski definition) is 1. The Balaban J connectivity index is 1.89. The number of halogens is 1. The van der Waals surface area contributed by atoms with Crippen LogP contribution < -0.4 is 5.32 Å². The fourth-order valence-corrected chi connectivity index (χ4v) is 2.43. The van der Waals surface area contributed by atoms with Gasteiger partial charge in [-0.05, 0) is 36.0 Å². The van der Waals surface area contributed by atoms with Gasteiger partial charge < -0.3 is 0 Å². The molecular weight excluding hydrogens is 281 g/mol. The molecule has 3 rings (SSSR count). The molecule has 1 aromatic heterocycles. The van der Waals surface area contributed by atoms with Crippen molar-refractivity contribution >= 4 is 29.0 Å². The number of nitrogens with zero attached hydrogens (tertiary/aromatic N) is 2. The van der Waals surface area contributed by atoms with Crippen LogP contribution in [0.1, 0.15) is 5.56 Å². The van der Waals surface area contributed by atoms with E-state index in [-0.39, 0.29) is 5.82 Å². The van der Waals surface area contributed by atoms with Crippen molar-refractivity contribution in [1.82, 2.24) is 15.1 Å². The summed E-state index contributed by atoms with van der Waals surface area (Å²) in [5.41, 5.74) is 1.23. The van der Waals surface area contributed by atoms with Gasteiger partial charge in [-0.25, -0.2) is 9.07 Å². The highest BCUT2D eigenvalue weighted by molar-refractivity contribution is 8.18. The van der Waals surface area contributed by atoms with Crippen LogP contribution in [0.25, 0.3) is 11.8 Å². The van der Waals surface area contributed by atoms with Crippen LogP contribution in [0.4, 0.5) is 9.18 Å². The van der Waals surface area contributed by atoms with Crippen LogP contribution in [0, 0.1) is 5.82 Å². The van der Waals surface area contributed by atoms with E-state index in [1.54, 1.807) is 24.4 Å². The van der Waals surface area contributed by atoms with Gasteiger partial charge in [0.25, 0.3) is 11.1 Å². The highest BCUT2D eigenvalue weighted by Gasteiger charge is 2.25. The molecular formula is C13H8FN3O2S. The van der Waals surface area contributed by atoms with Gasteiger partial charge in [-0.2, -0.15) is 5.10 Å². The average molecular weight is 289 g/mol. The zero-order valence-electron chi connectivity index (χ0n) is 10.0. The molecule has 0 atom stereocenters. The first-order valence-electron chi connectivity index (χ1n) is 5.67. The lowest BCUT2D eigenvalue weighted by molar-refractivity contribution is -0.115. The van der Waals surface area contributed by atoms with Crippen LogP contribution in [0.3, 0.4) is 0 Å². The van der Waals surface area contributed by atoms with Gasteiger partial charge in [0.05, 0.1) is 16.8 Å². The van der Waals surface area contributed by atoms with Crippen molar-refractivity contribution in [3.8, 4) is 5.69 Å². The summed E-state index contributed by atoms with van der Waals surface area (Å²) < 4.78 is 14.6. The highest BCUT2D eigenvalue weighted by Crippen LogP contribution is 2.25. The minimum atomic E-state index is -0.418. The van der Waals surface area contributed by atoms with Crippen molar-refractivity contribution < 1.29 is 14.0 Å². The average Bonchev–Trinajstić information content (AvgIpc) is 2.97. The van der Waals surface area contributed by atoms with Gasteiger partial charge in [-0.1, -0.05) is 6.07 Å². The summed E-state index contributed by atoms with van der Waals surface area (Å²) >= 11 is 0.841. The Morgan fingerprint density at radius 3 is 2.90 bits per heavy atom. The lowest BCUT2D eigenvalue weighted by atomic mass is 10.3. The van der Waals surface area contributed by atoms with Crippen LogP contribution in [-0.4, -0.2) is 20.9 Å². The monoisotopic (exact) mass is 289 g/mol. The Kier molecular flexibility index (Phi) is 3.11.